The number of sulfonamides is 1. The predicted molar refractivity (Wildman–Crippen MR) is 73.1 cm³/mol. The lowest BCUT2D eigenvalue weighted by molar-refractivity contribution is 0.0702. The number of aromatic carboxylic acids is 1. The van der Waals surface area contributed by atoms with Gasteiger partial charge >= 0.3 is 5.97 Å². The van der Waals surface area contributed by atoms with Gasteiger partial charge in [-0.05, 0) is 25.3 Å². The van der Waals surface area contributed by atoms with Crippen molar-refractivity contribution in [2.24, 2.45) is 0 Å². The van der Waals surface area contributed by atoms with Gasteiger partial charge in [-0.2, -0.15) is 4.31 Å². The number of piperidine rings is 1. The molecule has 1 aliphatic heterocycles. The first kappa shape index (κ1) is 14.5. The molecule has 0 amide bonds. The summed E-state index contributed by atoms with van der Waals surface area (Å²) in [6.07, 6.45) is 3.58. The number of hydrogen-bond donors (Lipinski definition) is 1. The van der Waals surface area contributed by atoms with Gasteiger partial charge in [0, 0.05) is 18.0 Å². The summed E-state index contributed by atoms with van der Waals surface area (Å²) in [5.74, 6) is -1.09. The fraction of sp³-hybridized carbons (Fsp3) is 0.583. The van der Waals surface area contributed by atoms with Gasteiger partial charge in [0.25, 0.3) is 0 Å². The van der Waals surface area contributed by atoms with Gasteiger partial charge < -0.3 is 5.11 Å². The van der Waals surface area contributed by atoms with Gasteiger partial charge in [0.05, 0.1) is 4.90 Å². The lowest BCUT2D eigenvalue weighted by Crippen LogP contribution is -2.43. The Hall–Kier alpha value is -0.920. The number of carbonyl (C=O) groups is 1. The first-order valence-corrected chi connectivity index (χ1v) is 8.62. The molecule has 0 bridgehead atoms. The molecule has 1 N–H and O–H groups in total. The van der Waals surface area contributed by atoms with Crippen molar-refractivity contribution in [1.29, 1.82) is 0 Å². The van der Waals surface area contributed by atoms with Gasteiger partial charge in [-0.25, -0.2) is 13.2 Å². The number of thiophene rings is 1. The van der Waals surface area contributed by atoms with E-state index in [1.54, 1.807) is 0 Å². The van der Waals surface area contributed by atoms with Crippen molar-refractivity contribution < 1.29 is 18.3 Å². The van der Waals surface area contributed by atoms with E-state index in [2.05, 4.69) is 0 Å². The normalized spacial score (nSPS) is 21.4. The Morgan fingerprint density at radius 2 is 2.26 bits per heavy atom. The van der Waals surface area contributed by atoms with Crippen LogP contribution in [0.25, 0.3) is 0 Å². The van der Waals surface area contributed by atoms with Crippen LogP contribution < -0.4 is 0 Å². The molecule has 106 valence electrons. The lowest BCUT2D eigenvalue weighted by Gasteiger charge is -2.33. The van der Waals surface area contributed by atoms with Crippen LogP contribution >= 0.6 is 11.3 Å². The number of hydrogen-bond acceptors (Lipinski definition) is 4. The minimum absolute atomic E-state index is 0.0342. The molecule has 1 saturated heterocycles. The van der Waals surface area contributed by atoms with Crippen LogP contribution in [0.3, 0.4) is 0 Å². The largest absolute Gasteiger partial charge is 0.477 e. The van der Waals surface area contributed by atoms with Gasteiger partial charge in [-0.3, -0.25) is 0 Å². The number of carboxylic acids is 1. The molecule has 0 saturated carbocycles. The number of nitrogens with zero attached hydrogens (tertiary/aromatic N) is 1. The van der Waals surface area contributed by atoms with Crippen LogP contribution in [0, 0.1) is 0 Å². The van der Waals surface area contributed by atoms with Crippen molar-refractivity contribution >= 4 is 27.3 Å². The molecule has 2 heterocycles. The van der Waals surface area contributed by atoms with E-state index in [0.29, 0.717) is 6.54 Å². The molecule has 1 fully saturated rings. The van der Waals surface area contributed by atoms with Gasteiger partial charge in [-0.15, -0.1) is 11.3 Å². The Bertz CT molecular complexity index is 564. The van der Waals surface area contributed by atoms with Crippen LogP contribution in [0.4, 0.5) is 0 Å². The van der Waals surface area contributed by atoms with E-state index in [9.17, 15) is 13.2 Å². The number of rotatable bonds is 4. The Kier molecular flexibility index (Phi) is 4.27. The van der Waals surface area contributed by atoms with Crippen molar-refractivity contribution in [2.75, 3.05) is 6.54 Å². The topological polar surface area (TPSA) is 74.7 Å². The molecular weight excluding hydrogens is 286 g/mol. The molecule has 0 aromatic carbocycles. The highest BCUT2D eigenvalue weighted by Gasteiger charge is 2.33. The van der Waals surface area contributed by atoms with Crippen LogP contribution in [0.1, 0.15) is 42.3 Å². The maximum Gasteiger partial charge on any atom is 0.345 e. The molecule has 1 atom stereocenters. The second kappa shape index (κ2) is 5.60. The summed E-state index contributed by atoms with van der Waals surface area (Å²) in [6.45, 7) is 2.51. The predicted octanol–water partition coefficient (Wildman–Crippen LogP) is 2.40. The Morgan fingerprint density at radius 1 is 1.53 bits per heavy atom. The zero-order valence-electron chi connectivity index (χ0n) is 10.7. The minimum atomic E-state index is -3.56. The molecule has 2 rings (SSSR count). The van der Waals surface area contributed by atoms with Crippen LogP contribution in [-0.2, 0) is 10.0 Å². The first-order valence-electron chi connectivity index (χ1n) is 6.30. The molecule has 7 heteroatoms. The highest BCUT2D eigenvalue weighted by atomic mass is 32.2. The summed E-state index contributed by atoms with van der Waals surface area (Å²) in [5, 5.41) is 10.3. The molecular formula is C12H17NO4S2. The average Bonchev–Trinajstić information content (AvgIpc) is 2.89. The van der Waals surface area contributed by atoms with E-state index in [-0.39, 0.29) is 15.8 Å². The summed E-state index contributed by atoms with van der Waals surface area (Å²) in [4.78, 5) is 11.0. The number of carboxylic acid groups (broad SMARTS) is 1. The van der Waals surface area contributed by atoms with Crippen LogP contribution in [0.2, 0.25) is 0 Å². The van der Waals surface area contributed by atoms with Crippen LogP contribution in [0.5, 0.6) is 0 Å². The molecule has 1 aromatic heterocycles. The van der Waals surface area contributed by atoms with Crippen LogP contribution in [0.15, 0.2) is 16.3 Å². The van der Waals surface area contributed by atoms with Gasteiger partial charge in [0.2, 0.25) is 10.0 Å². The Labute approximate surface area is 116 Å². The zero-order chi connectivity index (χ0) is 14.0. The molecule has 0 aliphatic carbocycles. The highest BCUT2D eigenvalue weighted by Crippen LogP contribution is 2.29. The van der Waals surface area contributed by atoms with E-state index in [1.807, 2.05) is 6.92 Å². The van der Waals surface area contributed by atoms with Crippen molar-refractivity contribution in [3.05, 3.63) is 16.3 Å². The van der Waals surface area contributed by atoms with E-state index in [1.165, 1.54) is 15.8 Å². The smallest absolute Gasteiger partial charge is 0.345 e. The molecule has 1 unspecified atom stereocenters. The molecule has 1 aromatic rings. The summed E-state index contributed by atoms with van der Waals surface area (Å²) in [5.41, 5.74) is 0. The fourth-order valence-corrected chi connectivity index (χ4v) is 5.27. The zero-order valence-corrected chi connectivity index (χ0v) is 12.3. The molecule has 5 nitrogen and oxygen atoms in total. The third-order valence-corrected chi connectivity index (χ3v) is 6.43. The molecule has 19 heavy (non-hydrogen) atoms. The van der Waals surface area contributed by atoms with Gasteiger partial charge in [0.1, 0.15) is 4.88 Å². The Morgan fingerprint density at radius 3 is 2.84 bits per heavy atom. The van der Waals surface area contributed by atoms with E-state index in [4.69, 9.17) is 5.11 Å². The fourth-order valence-electron chi connectivity index (χ4n) is 2.40. The van der Waals surface area contributed by atoms with Crippen molar-refractivity contribution in [3.8, 4) is 0 Å². The highest BCUT2D eigenvalue weighted by molar-refractivity contribution is 7.89. The maximum absolute atomic E-state index is 12.5. The van der Waals surface area contributed by atoms with E-state index >= 15 is 0 Å². The summed E-state index contributed by atoms with van der Waals surface area (Å²) >= 11 is 0.952. The van der Waals surface area contributed by atoms with E-state index < -0.39 is 16.0 Å². The van der Waals surface area contributed by atoms with Crippen molar-refractivity contribution in [1.82, 2.24) is 4.31 Å². The van der Waals surface area contributed by atoms with Crippen molar-refractivity contribution in [2.45, 2.75) is 43.5 Å². The maximum atomic E-state index is 12.5. The summed E-state index contributed by atoms with van der Waals surface area (Å²) in [6, 6.07) is 1.29. The average molecular weight is 303 g/mol. The second-order valence-electron chi connectivity index (χ2n) is 4.63. The third kappa shape index (κ3) is 2.82. The van der Waals surface area contributed by atoms with Crippen molar-refractivity contribution in [3.63, 3.8) is 0 Å². The van der Waals surface area contributed by atoms with Gasteiger partial charge in [0.15, 0.2) is 0 Å². The second-order valence-corrected chi connectivity index (χ2v) is 7.43. The molecule has 1 aliphatic rings. The SMILES string of the molecule is CCC1CCCCN1S(=O)(=O)c1csc(C(=O)O)c1. The quantitative estimate of drug-likeness (QED) is 0.927. The first-order chi connectivity index (χ1) is 8.96. The third-order valence-electron chi connectivity index (χ3n) is 3.44. The minimum Gasteiger partial charge on any atom is -0.477 e. The summed E-state index contributed by atoms with van der Waals surface area (Å²) in [7, 11) is -3.56. The van der Waals surface area contributed by atoms with E-state index in [0.717, 1.165) is 37.0 Å². The lowest BCUT2D eigenvalue weighted by atomic mass is 10.0. The standard InChI is InChI=1S/C12H17NO4S2/c1-2-9-5-3-4-6-13(9)19(16,17)10-7-11(12(14)15)18-8-10/h7-9H,2-6H2,1H3,(H,14,15). The van der Waals surface area contributed by atoms with Crippen LogP contribution in [-0.4, -0.2) is 36.4 Å². The molecule has 0 spiro atoms. The summed E-state index contributed by atoms with van der Waals surface area (Å²) < 4.78 is 26.6. The van der Waals surface area contributed by atoms with Gasteiger partial charge in [-0.1, -0.05) is 13.3 Å². The molecule has 0 radical (unpaired) electrons. The monoisotopic (exact) mass is 303 g/mol. The Balaban J connectivity index is 2.32.